The third kappa shape index (κ3) is 4.79. The Morgan fingerprint density at radius 3 is 2.71 bits per heavy atom. The molecule has 2 heterocycles. The second-order valence-corrected chi connectivity index (χ2v) is 9.56. The summed E-state index contributed by atoms with van der Waals surface area (Å²) in [5.41, 5.74) is 2.27. The Morgan fingerprint density at radius 1 is 1.19 bits per heavy atom. The number of likely N-dealkylation sites (N-methyl/N-ethyl adjacent to an activating group) is 1. The van der Waals surface area contributed by atoms with Crippen LogP contribution in [0.15, 0.2) is 35.7 Å². The van der Waals surface area contributed by atoms with Gasteiger partial charge in [0, 0.05) is 23.9 Å². The highest BCUT2D eigenvalue weighted by Gasteiger charge is 2.34. The Bertz CT molecular complexity index is 919. The number of thiophene rings is 1. The quantitative estimate of drug-likeness (QED) is 0.632. The third-order valence-electron chi connectivity index (χ3n) is 6.63. The summed E-state index contributed by atoms with van der Waals surface area (Å²) in [7, 11) is 0. The van der Waals surface area contributed by atoms with Gasteiger partial charge >= 0.3 is 0 Å². The van der Waals surface area contributed by atoms with E-state index in [4.69, 9.17) is 4.74 Å². The Morgan fingerprint density at radius 2 is 1.97 bits per heavy atom. The van der Waals surface area contributed by atoms with Gasteiger partial charge in [0.1, 0.15) is 12.4 Å². The molecule has 0 bridgehead atoms. The lowest BCUT2D eigenvalue weighted by molar-refractivity contribution is -0.144. The van der Waals surface area contributed by atoms with E-state index >= 15 is 0 Å². The summed E-state index contributed by atoms with van der Waals surface area (Å²) in [6, 6.07) is 9.96. The number of nitrogens with zero attached hydrogens (tertiary/aromatic N) is 2. The first kappa shape index (κ1) is 21.9. The molecule has 0 spiro atoms. The van der Waals surface area contributed by atoms with Crippen molar-refractivity contribution in [2.24, 2.45) is 5.92 Å². The van der Waals surface area contributed by atoms with Gasteiger partial charge in [-0.15, -0.1) is 11.3 Å². The summed E-state index contributed by atoms with van der Waals surface area (Å²) < 4.78 is 6.17. The highest BCUT2D eigenvalue weighted by molar-refractivity contribution is 7.10. The van der Waals surface area contributed by atoms with Gasteiger partial charge in [0.2, 0.25) is 11.8 Å². The standard InChI is InChI=1S/C25H32N2O3S/c1-3-26(25(29)19-9-5-6-10-19)16-24(28)27-14-12-23-20(13-15-31-23)21(27)17-30-22-11-7-4-8-18(22)2/h4,7-8,11,13,15,19,21H,3,5-6,9-10,12,14,16-17H2,1-2H3/t21-/m0/s1. The highest BCUT2D eigenvalue weighted by atomic mass is 32.1. The largest absolute Gasteiger partial charge is 0.491 e. The van der Waals surface area contributed by atoms with Crippen LogP contribution in [0, 0.1) is 12.8 Å². The molecular formula is C25H32N2O3S. The van der Waals surface area contributed by atoms with Crippen LogP contribution in [-0.4, -0.2) is 47.9 Å². The molecule has 0 radical (unpaired) electrons. The number of hydrogen-bond acceptors (Lipinski definition) is 4. The van der Waals surface area contributed by atoms with Gasteiger partial charge in [0.15, 0.2) is 0 Å². The lowest BCUT2D eigenvalue weighted by Gasteiger charge is -2.37. The van der Waals surface area contributed by atoms with Gasteiger partial charge in [-0.05, 0) is 61.7 Å². The van der Waals surface area contributed by atoms with Crippen LogP contribution in [0.2, 0.25) is 0 Å². The molecule has 1 saturated carbocycles. The van der Waals surface area contributed by atoms with Crippen molar-refractivity contribution in [3.8, 4) is 5.75 Å². The van der Waals surface area contributed by atoms with Gasteiger partial charge in [-0.1, -0.05) is 31.0 Å². The smallest absolute Gasteiger partial charge is 0.242 e. The fourth-order valence-corrected chi connectivity index (χ4v) is 5.72. The highest BCUT2D eigenvalue weighted by Crippen LogP contribution is 2.34. The minimum atomic E-state index is -0.123. The van der Waals surface area contributed by atoms with Gasteiger partial charge in [-0.3, -0.25) is 9.59 Å². The molecule has 166 valence electrons. The molecule has 1 fully saturated rings. The first-order valence-electron chi connectivity index (χ1n) is 11.4. The molecular weight excluding hydrogens is 408 g/mol. The van der Waals surface area contributed by atoms with Crippen LogP contribution >= 0.6 is 11.3 Å². The van der Waals surface area contributed by atoms with E-state index in [1.807, 2.05) is 43.0 Å². The van der Waals surface area contributed by atoms with Crippen molar-refractivity contribution in [2.45, 2.75) is 52.0 Å². The zero-order valence-electron chi connectivity index (χ0n) is 18.5. The van der Waals surface area contributed by atoms with E-state index in [9.17, 15) is 9.59 Å². The lowest BCUT2D eigenvalue weighted by atomic mass is 10.00. The van der Waals surface area contributed by atoms with Crippen LogP contribution in [0.1, 0.15) is 54.7 Å². The van der Waals surface area contributed by atoms with Gasteiger partial charge in [0.25, 0.3) is 0 Å². The fraction of sp³-hybridized carbons (Fsp3) is 0.520. The molecule has 31 heavy (non-hydrogen) atoms. The van der Waals surface area contributed by atoms with Crippen molar-refractivity contribution < 1.29 is 14.3 Å². The summed E-state index contributed by atoms with van der Waals surface area (Å²) >= 11 is 1.75. The number of benzene rings is 1. The Labute approximate surface area is 189 Å². The molecule has 1 aliphatic heterocycles. The van der Waals surface area contributed by atoms with Crippen molar-refractivity contribution in [1.82, 2.24) is 9.80 Å². The zero-order chi connectivity index (χ0) is 21.8. The van der Waals surface area contributed by atoms with Crippen molar-refractivity contribution >= 4 is 23.2 Å². The summed E-state index contributed by atoms with van der Waals surface area (Å²) in [5.74, 6) is 1.11. The van der Waals surface area contributed by atoms with Gasteiger partial charge in [0.05, 0.1) is 12.6 Å². The van der Waals surface area contributed by atoms with Gasteiger partial charge < -0.3 is 14.5 Å². The first-order chi connectivity index (χ1) is 15.1. The minimum absolute atomic E-state index is 0.0171. The van der Waals surface area contributed by atoms with E-state index in [2.05, 4.69) is 11.4 Å². The number of carbonyl (C=O) groups excluding carboxylic acids is 2. The van der Waals surface area contributed by atoms with Gasteiger partial charge in [-0.25, -0.2) is 0 Å². The second kappa shape index (κ2) is 9.86. The summed E-state index contributed by atoms with van der Waals surface area (Å²) in [4.78, 5) is 31.3. The van der Waals surface area contributed by atoms with Crippen molar-refractivity contribution in [3.05, 3.63) is 51.7 Å². The summed E-state index contributed by atoms with van der Waals surface area (Å²) in [6.07, 6.45) is 5.01. The van der Waals surface area contributed by atoms with E-state index in [-0.39, 0.29) is 30.3 Å². The Balaban J connectivity index is 1.48. The molecule has 1 atom stereocenters. The van der Waals surface area contributed by atoms with Crippen LogP contribution in [0.3, 0.4) is 0 Å². The number of aryl methyl sites for hydroxylation is 1. The van der Waals surface area contributed by atoms with Crippen LogP contribution in [0.4, 0.5) is 0 Å². The fourth-order valence-electron chi connectivity index (χ4n) is 4.79. The molecule has 0 unspecified atom stereocenters. The number of rotatable bonds is 7. The van der Waals surface area contributed by atoms with E-state index in [1.54, 1.807) is 16.2 Å². The van der Waals surface area contributed by atoms with E-state index < -0.39 is 0 Å². The maximum atomic E-state index is 13.4. The molecule has 2 aliphatic rings. The Hall–Kier alpha value is -2.34. The third-order valence-corrected chi connectivity index (χ3v) is 7.63. The van der Waals surface area contributed by atoms with E-state index in [1.165, 1.54) is 10.4 Å². The van der Waals surface area contributed by atoms with Gasteiger partial charge in [-0.2, -0.15) is 0 Å². The average Bonchev–Trinajstić information content (AvgIpc) is 3.48. The summed E-state index contributed by atoms with van der Waals surface area (Å²) in [5, 5.41) is 2.10. The molecule has 2 amide bonds. The molecule has 4 rings (SSSR count). The molecule has 2 aromatic rings. The second-order valence-electron chi connectivity index (χ2n) is 8.56. The molecule has 1 aliphatic carbocycles. The predicted octanol–water partition coefficient (Wildman–Crippen LogP) is 4.60. The van der Waals surface area contributed by atoms with Crippen LogP contribution in [0.25, 0.3) is 0 Å². The van der Waals surface area contributed by atoms with Crippen molar-refractivity contribution in [1.29, 1.82) is 0 Å². The SMILES string of the molecule is CCN(CC(=O)N1CCc2sccc2[C@@H]1COc1ccccc1C)C(=O)C1CCCC1. The molecule has 1 aromatic heterocycles. The molecule has 1 aromatic carbocycles. The maximum absolute atomic E-state index is 13.4. The minimum Gasteiger partial charge on any atom is -0.491 e. The van der Waals surface area contributed by atoms with Crippen molar-refractivity contribution in [3.63, 3.8) is 0 Å². The number of fused-ring (bicyclic) bond motifs is 1. The topological polar surface area (TPSA) is 49.9 Å². The van der Waals surface area contributed by atoms with Crippen molar-refractivity contribution in [2.75, 3.05) is 26.2 Å². The first-order valence-corrected chi connectivity index (χ1v) is 12.3. The summed E-state index contributed by atoms with van der Waals surface area (Å²) in [6.45, 7) is 5.82. The number of carbonyl (C=O) groups is 2. The van der Waals surface area contributed by atoms with Crippen LogP contribution in [-0.2, 0) is 16.0 Å². The van der Waals surface area contributed by atoms with E-state index in [0.29, 0.717) is 19.7 Å². The number of hydrogen-bond donors (Lipinski definition) is 0. The zero-order valence-corrected chi connectivity index (χ0v) is 19.3. The average molecular weight is 441 g/mol. The number of amides is 2. The molecule has 0 saturated heterocycles. The molecule has 0 N–H and O–H groups in total. The Kier molecular flexibility index (Phi) is 6.96. The number of ether oxygens (including phenoxy) is 1. The van der Waals surface area contributed by atoms with Crippen LogP contribution < -0.4 is 4.74 Å². The molecule has 6 heteroatoms. The lowest BCUT2D eigenvalue weighted by Crippen LogP contribution is -2.48. The molecule has 5 nitrogen and oxygen atoms in total. The normalized spacial score (nSPS) is 18.6. The maximum Gasteiger partial charge on any atom is 0.242 e. The van der Waals surface area contributed by atoms with Crippen LogP contribution in [0.5, 0.6) is 5.75 Å². The number of para-hydroxylation sites is 1. The van der Waals surface area contributed by atoms with E-state index in [0.717, 1.165) is 43.4 Å². The predicted molar refractivity (Wildman–Crippen MR) is 123 cm³/mol. The monoisotopic (exact) mass is 440 g/mol.